The summed E-state index contributed by atoms with van der Waals surface area (Å²) >= 11 is 0. The van der Waals surface area contributed by atoms with Gasteiger partial charge < -0.3 is 5.32 Å². The number of carbonyl (C=O) groups is 1. The average molecular weight is 305 g/mol. The van der Waals surface area contributed by atoms with Crippen molar-refractivity contribution in [2.45, 2.75) is 25.7 Å². The maximum absolute atomic E-state index is 12.3. The highest BCUT2D eigenvalue weighted by atomic mass is 16.2. The topological polar surface area (TPSA) is 54.9 Å². The van der Waals surface area contributed by atoms with Crippen molar-refractivity contribution < 1.29 is 6.22 Å². The molecule has 0 fully saturated rings. The van der Waals surface area contributed by atoms with E-state index in [0.29, 0.717) is 11.6 Å². The van der Waals surface area contributed by atoms with E-state index in [4.69, 9.17) is 0 Å². The number of nitrogens with one attached hydrogen (secondary N) is 1. The normalized spacial score (nSPS) is 21.5. The summed E-state index contributed by atoms with van der Waals surface area (Å²) in [5.41, 5.74) is 4.36. The minimum atomic E-state index is -0.764. The van der Waals surface area contributed by atoms with Crippen LogP contribution >= 0.6 is 0 Å². The molecule has 0 spiro atoms. The van der Waals surface area contributed by atoms with Gasteiger partial charge >= 0.3 is 0 Å². The van der Waals surface area contributed by atoms with Crippen LogP contribution in [0.1, 0.15) is 36.6 Å². The first kappa shape index (κ1) is 13.9. The van der Waals surface area contributed by atoms with Crippen LogP contribution in [0.2, 0.25) is 0 Å². The number of nitrogens with zero attached hydrogens (tertiary/aromatic N) is 2. The van der Waals surface area contributed by atoms with Gasteiger partial charge in [-0.3, -0.25) is 4.79 Å². The number of hydrogen-bond acceptors (Lipinski definition) is 3. The molecule has 0 bridgehead atoms. The molecule has 4 heteroatoms. The first-order valence-corrected chi connectivity index (χ1v) is 7.67. The number of carbonyl (C=O) groups excluding carboxylic acids is 1. The van der Waals surface area contributed by atoms with E-state index in [1.54, 1.807) is 6.08 Å². The minimum absolute atomic E-state index is 0. The van der Waals surface area contributed by atoms with Crippen LogP contribution in [0.3, 0.4) is 0 Å². The number of aromatic nitrogens is 2. The van der Waals surface area contributed by atoms with E-state index in [0.717, 1.165) is 23.3 Å². The second-order valence-electron chi connectivity index (χ2n) is 6.20. The van der Waals surface area contributed by atoms with E-state index in [1.807, 2.05) is 26.0 Å². The van der Waals surface area contributed by atoms with E-state index in [1.165, 1.54) is 11.1 Å². The van der Waals surface area contributed by atoms with E-state index in [2.05, 4.69) is 40.1 Å². The third-order valence-corrected chi connectivity index (χ3v) is 4.80. The second-order valence-corrected chi connectivity index (χ2v) is 6.20. The van der Waals surface area contributed by atoms with Gasteiger partial charge in [-0.25, -0.2) is 9.97 Å². The van der Waals surface area contributed by atoms with Gasteiger partial charge in [-0.1, -0.05) is 36.4 Å². The summed E-state index contributed by atoms with van der Waals surface area (Å²) in [5, 5.41) is 2.88. The highest BCUT2D eigenvalue weighted by Crippen LogP contribution is 2.40. The van der Waals surface area contributed by atoms with Crippen LogP contribution in [0.15, 0.2) is 43.0 Å². The fourth-order valence-corrected chi connectivity index (χ4v) is 3.45. The molecule has 1 atom stereocenters. The molecule has 4 nitrogen and oxygen atoms in total. The van der Waals surface area contributed by atoms with Crippen molar-refractivity contribution in [2.75, 3.05) is 5.32 Å². The van der Waals surface area contributed by atoms with Crippen molar-refractivity contribution in [3.05, 3.63) is 71.2 Å². The standard InChI is InChI=1S/C19H17N3O.H2/c1-4-19(3)15-11(2)20-16(21-17(15)22-18(19)23)14-10-9-12-7-5-6-8-13(12)14;/h4-8,10H,1,9H2,2-3H3,(H,20,21,22,23);1H/t19-;/m0./s1. The zero-order chi connectivity index (χ0) is 16.2. The molecule has 1 aromatic carbocycles. The van der Waals surface area contributed by atoms with E-state index in [9.17, 15) is 4.79 Å². The Bertz CT molecular complexity index is 903. The SMILES string of the molecule is C=C[C@]1(C)C(=O)Nc2nc(C3=CCc4ccccc43)nc(C)c21.[HH]. The predicted octanol–water partition coefficient (Wildman–Crippen LogP) is 3.41. The number of hydrogen-bond donors (Lipinski definition) is 1. The number of aryl methyl sites for hydroxylation is 1. The van der Waals surface area contributed by atoms with Gasteiger partial charge in [-0.05, 0) is 31.4 Å². The van der Waals surface area contributed by atoms with Gasteiger partial charge in [0, 0.05) is 18.3 Å². The van der Waals surface area contributed by atoms with Crippen molar-refractivity contribution >= 4 is 17.3 Å². The molecule has 2 aromatic rings. The van der Waals surface area contributed by atoms with Gasteiger partial charge in [-0.2, -0.15) is 0 Å². The van der Waals surface area contributed by atoms with Gasteiger partial charge in [0.15, 0.2) is 5.82 Å². The van der Waals surface area contributed by atoms with Crippen molar-refractivity contribution in [1.82, 2.24) is 9.97 Å². The Balaban J connectivity index is 0.00000169. The fraction of sp³-hybridized carbons (Fsp3) is 0.211. The fourth-order valence-electron chi connectivity index (χ4n) is 3.45. The van der Waals surface area contributed by atoms with Crippen molar-refractivity contribution in [1.29, 1.82) is 0 Å². The van der Waals surface area contributed by atoms with Gasteiger partial charge in [0.2, 0.25) is 5.91 Å². The Hall–Kier alpha value is -2.75. The summed E-state index contributed by atoms with van der Waals surface area (Å²) in [4.78, 5) is 21.6. The Morgan fingerprint density at radius 1 is 1.35 bits per heavy atom. The molecule has 116 valence electrons. The Morgan fingerprint density at radius 3 is 2.91 bits per heavy atom. The van der Waals surface area contributed by atoms with E-state index >= 15 is 0 Å². The molecule has 0 radical (unpaired) electrons. The third-order valence-electron chi connectivity index (χ3n) is 4.80. The van der Waals surface area contributed by atoms with Crippen LogP contribution in [0.4, 0.5) is 5.82 Å². The Labute approximate surface area is 136 Å². The van der Waals surface area contributed by atoms with Crippen LogP contribution in [0, 0.1) is 6.92 Å². The van der Waals surface area contributed by atoms with Crippen LogP contribution in [0.25, 0.3) is 5.57 Å². The van der Waals surface area contributed by atoms with Gasteiger partial charge in [0.25, 0.3) is 0 Å². The zero-order valence-corrected chi connectivity index (χ0v) is 13.2. The van der Waals surface area contributed by atoms with Crippen LogP contribution in [-0.4, -0.2) is 15.9 Å². The second kappa shape index (κ2) is 4.62. The largest absolute Gasteiger partial charge is 0.309 e. The minimum Gasteiger partial charge on any atom is -0.309 e. The molecule has 0 saturated carbocycles. The lowest BCUT2D eigenvalue weighted by atomic mass is 9.84. The maximum Gasteiger partial charge on any atom is 0.239 e. The van der Waals surface area contributed by atoms with Crippen molar-refractivity contribution in [3.8, 4) is 0 Å². The molecule has 1 aliphatic heterocycles. The van der Waals surface area contributed by atoms with Crippen molar-refractivity contribution in [3.63, 3.8) is 0 Å². The number of fused-ring (bicyclic) bond motifs is 2. The lowest BCUT2D eigenvalue weighted by Gasteiger charge is -2.18. The Morgan fingerprint density at radius 2 is 2.13 bits per heavy atom. The summed E-state index contributed by atoms with van der Waals surface area (Å²) in [6, 6.07) is 8.27. The molecule has 0 unspecified atom stereocenters. The average Bonchev–Trinajstić information content (AvgIpc) is 3.07. The predicted molar refractivity (Wildman–Crippen MR) is 92.3 cm³/mol. The van der Waals surface area contributed by atoms with Crippen LogP contribution < -0.4 is 5.32 Å². The molecule has 0 saturated heterocycles. The summed E-state index contributed by atoms with van der Waals surface area (Å²) in [6.07, 6.45) is 4.70. The number of anilines is 1. The molecule has 1 aromatic heterocycles. The highest BCUT2D eigenvalue weighted by Gasteiger charge is 2.43. The molecule has 2 heterocycles. The van der Waals surface area contributed by atoms with E-state index < -0.39 is 5.41 Å². The van der Waals surface area contributed by atoms with Crippen molar-refractivity contribution in [2.24, 2.45) is 0 Å². The summed E-state index contributed by atoms with van der Waals surface area (Å²) in [6.45, 7) is 7.58. The van der Waals surface area contributed by atoms with E-state index in [-0.39, 0.29) is 7.33 Å². The summed E-state index contributed by atoms with van der Waals surface area (Å²) < 4.78 is 0. The molecule has 2 aliphatic rings. The number of allylic oxidation sites excluding steroid dienone is 1. The number of amides is 1. The first-order chi connectivity index (χ1) is 11.0. The number of rotatable bonds is 2. The van der Waals surface area contributed by atoms with Crippen LogP contribution in [-0.2, 0) is 16.6 Å². The molecule has 23 heavy (non-hydrogen) atoms. The summed E-state index contributed by atoms with van der Waals surface area (Å²) in [5.74, 6) is 1.17. The molecular weight excluding hydrogens is 286 g/mol. The smallest absolute Gasteiger partial charge is 0.239 e. The highest BCUT2D eigenvalue weighted by molar-refractivity contribution is 6.07. The quantitative estimate of drug-likeness (QED) is 0.865. The molecule has 1 amide bonds. The maximum atomic E-state index is 12.3. The monoisotopic (exact) mass is 305 g/mol. The van der Waals surface area contributed by atoms with Gasteiger partial charge in [-0.15, -0.1) is 6.58 Å². The third kappa shape index (κ3) is 1.81. The summed E-state index contributed by atoms with van der Waals surface area (Å²) in [7, 11) is 0. The lowest BCUT2D eigenvalue weighted by molar-refractivity contribution is -0.118. The molecule has 4 rings (SSSR count). The van der Waals surface area contributed by atoms with Crippen LogP contribution in [0.5, 0.6) is 0 Å². The zero-order valence-electron chi connectivity index (χ0n) is 13.2. The molecule has 1 aliphatic carbocycles. The Kier molecular flexibility index (Phi) is 2.79. The number of benzene rings is 1. The molecular formula is C19H19N3O. The van der Waals surface area contributed by atoms with Gasteiger partial charge in [0.1, 0.15) is 5.82 Å². The molecule has 1 N–H and O–H groups in total. The van der Waals surface area contributed by atoms with Gasteiger partial charge in [0.05, 0.1) is 5.41 Å². The first-order valence-electron chi connectivity index (χ1n) is 7.67. The lowest BCUT2D eigenvalue weighted by Crippen LogP contribution is -2.28.